The van der Waals surface area contributed by atoms with Crippen molar-refractivity contribution in [3.63, 3.8) is 0 Å². The van der Waals surface area contributed by atoms with Crippen LogP contribution in [0, 0.1) is 5.92 Å². The molecule has 98 valence electrons. The monoisotopic (exact) mass is 242 g/mol. The van der Waals surface area contributed by atoms with Gasteiger partial charge in [-0.15, -0.1) is 0 Å². The Balaban J connectivity index is 2.54. The van der Waals surface area contributed by atoms with Crippen molar-refractivity contribution in [3.05, 3.63) is 0 Å². The van der Waals surface area contributed by atoms with E-state index in [4.69, 9.17) is 4.74 Å². The first-order chi connectivity index (χ1) is 8.04. The second-order valence-electron chi connectivity index (χ2n) is 4.77. The van der Waals surface area contributed by atoms with Crippen molar-refractivity contribution in [2.45, 2.75) is 39.2 Å². The van der Waals surface area contributed by atoms with E-state index in [1.165, 1.54) is 7.11 Å². The van der Waals surface area contributed by atoms with Gasteiger partial charge in [0.25, 0.3) is 0 Å². The van der Waals surface area contributed by atoms with Gasteiger partial charge in [-0.1, -0.05) is 13.8 Å². The van der Waals surface area contributed by atoms with E-state index in [0.29, 0.717) is 13.1 Å². The van der Waals surface area contributed by atoms with Gasteiger partial charge in [0.1, 0.15) is 0 Å². The summed E-state index contributed by atoms with van der Waals surface area (Å²) in [6, 6.07) is 0.0477. The van der Waals surface area contributed by atoms with Gasteiger partial charge in [0.15, 0.2) is 0 Å². The molecule has 17 heavy (non-hydrogen) atoms. The van der Waals surface area contributed by atoms with Gasteiger partial charge in [0.2, 0.25) is 5.91 Å². The SMILES string of the molecule is COC(=O)N1CCCCC(NC(=O)C(C)C)C1. The highest BCUT2D eigenvalue weighted by molar-refractivity contribution is 5.78. The molecule has 0 aromatic carbocycles. The van der Waals surface area contributed by atoms with Crippen molar-refractivity contribution in [2.75, 3.05) is 20.2 Å². The highest BCUT2D eigenvalue weighted by Crippen LogP contribution is 2.12. The fraction of sp³-hybridized carbons (Fsp3) is 0.833. The summed E-state index contributed by atoms with van der Waals surface area (Å²) in [5.41, 5.74) is 0. The lowest BCUT2D eigenvalue weighted by atomic mass is 10.1. The number of nitrogens with zero attached hydrogens (tertiary/aromatic N) is 1. The van der Waals surface area contributed by atoms with Gasteiger partial charge < -0.3 is 15.0 Å². The third-order valence-corrected chi connectivity index (χ3v) is 2.97. The Morgan fingerprint density at radius 2 is 2.06 bits per heavy atom. The minimum absolute atomic E-state index is 0.0233. The largest absolute Gasteiger partial charge is 0.453 e. The van der Waals surface area contributed by atoms with Crippen molar-refractivity contribution in [2.24, 2.45) is 5.92 Å². The number of likely N-dealkylation sites (tertiary alicyclic amines) is 1. The molecule has 1 N–H and O–H groups in total. The predicted molar refractivity (Wildman–Crippen MR) is 64.6 cm³/mol. The first-order valence-electron chi connectivity index (χ1n) is 6.18. The summed E-state index contributed by atoms with van der Waals surface area (Å²) in [7, 11) is 1.38. The zero-order valence-corrected chi connectivity index (χ0v) is 10.9. The second kappa shape index (κ2) is 6.47. The van der Waals surface area contributed by atoms with Gasteiger partial charge in [0, 0.05) is 25.0 Å². The Morgan fingerprint density at radius 3 is 2.65 bits per heavy atom. The average molecular weight is 242 g/mol. The smallest absolute Gasteiger partial charge is 0.409 e. The molecule has 0 aromatic rings. The quantitative estimate of drug-likeness (QED) is 0.796. The molecule has 0 aliphatic carbocycles. The number of amides is 2. The molecule has 1 unspecified atom stereocenters. The second-order valence-corrected chi connectivity index (χ2v) is 4.77. The van der Waals surface area contributed by atoms with Crippen LogP contribution >= 0.6 is 0 Å². The van der Waals surface area contributed by atoms with Crippen molar-refractivity contribution < 1.29 is 14.3 Å². The molecule has 1 rings (SSSR count). The summed E-state index contributed by atoms with van der Waals surface area (Å²) in [5, 5.41) is 2.98. The van der Waals surface area contributed by atoms with Crippen LogP contribution < -0.4 is 5.32 Å². The third-order valence-electron chi connectivity index (χ3n) is 2.97. The highest BCUT2D eigenvalue weighted by atomic mass is 16.5. The van der Waals surface area contributed by atoms with Gasteiger partial charge in [-0.3, -0.25) is 4.79 Å². The van der Waals surface area contributed by atoms with Gasteiger partial charge in [-0.2, -0.15) is 0 Å². The van der Waals surface area contributed by atoms with E-state index >= 15 is 0 Å². The normalized spacial score (nSPS) is 20.9. The summed E-state index contributed by atoms with van der Waals surface area (Å²) in [5.74, 6) is 0.0199. The number of methoxy groups -OCH3 is 1. The van der Waals surface area contributed by atoms with Crippen LogP contribution in [0.4, 0.5) is 4.79 Å². The number of rotatable bonds is 2. The summed E-state index contributed by atoms with van der Waals surface area (Å²) >= 11 is 0. The number of nitrogens with one attached hydrogen (secondary N) is 1. The van der Waals surface area contributed by atoms with Crippen LogP contribution in [-0.2, 0) is 9.53 Å². The Hall–Kier alpha value is -1.26. The summed E-state index contributed by atoms with van der Waals surface area (Å²) in [6.45, 7) is 4.99. The zero-order valence-electron chi connectivity index (χ0n) is 10.9. The van der Waals surface area contributed by atoms with Gasteiger partial charge in [-0.25, -0.2) is 4.79 Å². The molecule has 5 nitrogen and oxygen atoms in total. The van der Waals surface area contributed by atoms with E-state index in [2.05, 4.69) is 5.32 Å². The van der Waals surface area contributed by atoms with E-state index in [0.717, 1.165) is 19.3 Å². The summed E-state index contributed by atoms with van der Waals surface area (Å²) in [6.07, 6.45) is 2.60. The molecule has 0 bridgehead atoms. The fourth-order valence-corrected chi connectivity index (χ4v) is 1.92. The first-order valence-corrected chi connectivity index (χ1v) is 6.18. The number of carbonyl (C=O) groups is 2. The lowest BCUT2D eigenvalue weighted by molar-refractivity contribution is -0.124. The molecule has 2 amide bonds. The molecule has 0 radical (unpaired) electrons. The maximum absolute atomic E-state index is 11.6. The third kappa shape index (κ3) is 4.24. The van der Waals surface area contributed by atoms with E-state index in [9.17, 15) is 9.59 Å². The van der Waals surface area contributed by atoms with Gasteiger partial charge in [0.05, 0.1) is 7.11 Å². The Bertz CT molecular complexity index is 279. The molecule has 0 aromatic heterocycles. The maximum Gasteiger partial charge on any atom is 0.409 e. The molecule has 0 saturated carbocycles. The van der Waals surface area contributed by atoms with Crippen LogP contribution in [0.1, 0.15) is 33.1 Å². The Kier molecular flexibility index (Phi) is 5.25. The molecule has 1 heterocycles. The minimum Gasteiger partial charge on any atom is -0.453 e. The first kappa shape index (κ1) is 13.8. The summed E-state index contributed by atoms with van der Waals surface area (Å²) < 4.78 is 4.72. The Morgan fingerprint density at radius 1 is 1.35 bits per heavy atom. The van der Waals surface area contributed by atoms with Crippen LogP contribution in [0.25, 0.3) is 0 Å². The van der Waals surface area contributed by atoms with Gasteiger partial charge in [-0.05, 0) is 19.3 Å². The van der Waals surface area contributed by atoms with Crippen molar-refractivity contribution >= 4 is 12.0 Å². The molecule has 0 spiro atoms. The minimum atomic E-state index is -0.310. The number of hydrogen-bond donors (Lipinski definition) is 1. The van der Waals surface area contributed by atoms with Crippen molar-refractivity contribution in [3.8, 4) is 0 Å². The van der Waals surface area contributed by atoms with Crippen LogP contribution in [0.2, 0.25) is 0 Å². The van der Waals surface area contributed by atoms with E-state index in [1.54, 1.807) is 4.90 Å². The van der Waals surface area contributed by atoms with Crippen molar-refractivity contribution in [1.29, 1.82) is 0 Å². The fourth-order valence-electron chi connectivity index (χ4n) is 1.92. The molecule has 1 saturated heterocycles. The molecule has 5 heteroatoms. The van der Waals surface area contributed by atoms with Crippen LogP contribution in [0.15, 0.2) is 0 Å². The molecule has 1 atom stereocenters. The Labute approximate surface area is 102 Å². The lowest BCUT2D eigenvalue weighted by Gasteiger charge is -2.24. The maximum atomic E-state index is 11.6. The zero-order chi connectivity index (χ0) is 12.8. The number of carbonyl (C=O) groups excluding carboxylic acids is 2. The molecule has 1 aliphatic heterocycles. The lowest BCUT2D eigenvalue weighted by Crippen LogP contribution is -2.45. The predicted octanol–water partition coefficient (Wildman–Crippen LogP) is 1.38. The molecular formula is C12H22N2O3. The van der Waals surface area contributed by atoms with Crippen molar-refractivity contribution in [1.82, 2.24) is 10.2 Å². The molecule has 1 fully saturated rings. The van der Waals surface area contributed by atoms with E-state index in [1.807, 2.05) is 13.8 Å². The highest BCUT2D eigenvalue weighted by Gasteiger charge is 2.24. The van der Waals surface area contributed by atoms with Crippen LogP contribution in [0.5, 0.6) is 0 Å². The summed E-state index contributed by atoms with van der Waals surface area (Å²) in [4.78, 5) is 24.8. The molecule has 1 aliphatic rings. The van der Waals surface area contributed by atoms with Crippen LogP contribution in [-0.4, -0.2) is 43.1 Å². The molecular weight excluding hydrogens is 220 g/mol. The van der Waals surface area contributed by atoms with E-state index in [-0.39, 0.29) is 24.0 Å². The standard InChI is InChI=1S/C12H22N2O3/c1-9(2)11(15)13-10-6-4-5-7-14(8-10)12(16)17-3/h9-10H,4-8H2,1-3H3,(H,13,15). The number of hydrogen-bond acceptors (Lipinski definition) is 3. The van der Waals surface area contributed by atoms with Crippen LogP contribution in [0.3, 0.4) is 0 Å². The number of ether oxygens (including phenoxy) is 1. The van der Waals surface area contributed by atoms with Gasteiger partial charge >= 0.3 is 6.09 Å². The van der Waals surface area contributed by atoms with E-state index < -0.39 is 0 Å². The average Bonchev–Trinajstić information content (AvgIpc) is 2.53. The topological polar surface area (TPSA) is 58.6 Å².